The maximum atomic E-state index is 12.1. The molecular weight excluding hydrogens is 262 g/mol. The van der Waals surface area contributed by atoms with Crippen LogP contribution in [0.4, 0.5) is 0 Å². The van der Waals surface area contributed by atoms with Gasteiger partial charge in [0.25, 0.3) is 5.91 Å². The summed E-state index contributed by atoms with van der Waals surface area (Å²) in [6.07, 6.45) is 1.82. The van der Waals surface area contributed by atoms with E-state index in [1.807, 2.05) is 17.0 Å². The lowest BCUT2D eigenvalue weighted by Crippen LogP contribution is -2.39. The summed E-state index contributed by atoms with van der Waals surface area (Å²) in [5.41, 5.74) is 2.62. The Labute approximate surface area is 127 Å². The lowest BCUT2D eigenvalue weighted by Gasteiger charge is -2.28. The lowest BCUT2D eigenvalue weighted by atomic mass is 9.87. The molecule has 1 aromatic rings. The van der Waals surface area contributed by atoms with Crippen LogP contribution in [0.2, 0.25) is 0 Å². The van der Waals surface area contributed by atoms with Crippen LogP contribution < -0.4 is 4.74 Å². The molecule has 21 heavy (non-hydrogen) atoms. The summed E-state index contributed by atoms with van der Waals surface area (Å²) in [5, 5.41) is 0. The van der Waals surface area contributed by atoms with Gasteiger partial charge in [0.1, 0.15) is 5.75 Å². The number of rotatable bonds is 3. The van der Waals surface area contributed by atoms with Crippen molar-refractivity contribution in [2.24, 2.45) is 0 Å². The van der Waals surface area contributed by atoms with Crippen molar-refractivity contribution in [3.05, 3.63) is 42.0 Å². The van der Waals surface area contributed by atoms with Gasteiger partial charge in [-0.2, -0.15) is 0 Å². The molecule has 1 amide bonds. The lowest BCUT2D eigenvalue weighted by molar-refractivity contribution is -0.133. The first-order chi connectivity index (χ1) is 9.86. The molecule has 1 aromatic carbocycles. The van der Waals surface area contributed by atoms with E-state index in [1.165, 1.54) is 11.1 Å². The molecule has 0 N–H and O–H groups in total. The van der Waals surface area contributed by atoms with Crippen LogP contribution in [0.15, 0.2) is 36.4 Å². The molecule has 1 aliphatic heterocycles. The highest BCUT2D eigenvalue weighted by atomic mass is 16.5. The highest BCUT2D eigenvalue weighted by Crippen LogP contribution is 2.24. The molecule has 0 aliphatic carbocycles. The van der Waals surface area contributed by atoms with Crippen molar-refractivity contribution in [1.29, 1.82) is 0 Å². The van der Waals surface area contributed by atoms with Crippen molar-refractivity contribution in [1.82, 2.24) is 4.90 Å². The predicted molar refractivity (Wildman–Crippen MR) is 85.6 cm³/mol. The Morgan fingerprint density at radius 2 is 1.76 bits per heavy atom. The standard InChI is InChI=1S/C18H25NO2/c1-14-9-11-19(12-10-14)17(20)13-21-16-7-5-15(6-8-16)18(2,3)4/h5-8H,1,9-13H2,2-4H3. The van der Waals surface area contributed by atoms with Gasteiger partial charge in [-0.15, -0.1) is 0 Å². The molecule has 1 heterocycles. The summed E-state index contributed by atoms with van der Waals surface area (Å²) in [4.78, 5) is 13.9. The third kappa shape index (κ3) is 4.35. The van der Waals surface area contributed by atoms with Crippen LogP contribution in [0.25, 0.3) is 0 Å². The molecule has 0 unspecified atom stereocenters. The van der Waals surface area contributed by atoms with Crippen molar-refractivity contribution in [3.63, 3.8) is 0 Å². The molecule has 0 atom stereocenters. The minimum atomic E-state index is 0.0578. The highest BCUT2D eigenvalue weighted by Gasteiger charge is 2.18. The zero-order chi connectivity index (χ0) is 15.5. The van der Waals surface area contributed by atoms with Crippen molar-refractivity contribution in [2.75, 3.05) is 19.7 Å². The number of hydrogen-bond donors (Lipinski definition) is 0. The van der Waals surface area contributed by atoms with E-state index in [0.717, 1.165) is 31.7 Å². The molecule has 1 saturated heterocycles. The first-order valence-corrected chi connectivity index (χ1v) is 7.54. The summed E-state index contributed by atoms with van der Waals surface area (Å²) in [6, 6.07) is 7.99. The number of carbonyl (C=O) groups is 1. The van der Waals surface area contributed by atoms with E-state index in [2.05, 4.69) is 39.5 Å². The van der Waals surface area contributed by atoms with Gasteiger partial charge >= 0.3 is 0 Å². The number of hydrogen-bond acceptors (Lipinski definition) is 2. The zero-order valence-electron chi connectivity index (χ0n) is 13.3. The average molecular weight is 287 g/mol. The van der Waals surface area contributed by atoms with Crippen LogP contribution in [0.5, 0.6) is 5.75 Å². The summed E-state index contributed by atoms with van der Waals surface area (Å²) in [7, 11) is 0. The van der Waals surface area contributed by atoms with Gasteiger partial charge in [0.2, 0.25) is 0 Å². The SMILES string of the molecule is C=C1CCN(C(=O)COc2ccc(C(C)(C)C)cc2)CC1. The average Bonchev–Trinajstić information content (AvgIpc) is 2.45. The second-order valence-electron chi connectivity index (χ2n) is 6.69. The zero-order valence-corrected chi connectivity index (χ0v) is 13.3. The Morgan fingerprint density at radius 1 is 1.19 bits per heavy atom. The first-order valence-electron chi connectivity index (χ1n) is 7.54. The molecule has 0 spiro atoms. The van der Waals surface area contributed by atoms with Crippen LogP contribution in [-0.4, -0.2) is 30.5 Å². The predicted octanol–water partition coefficient (Wildman–Crippen LogP) is 3.54. The smallest absolute Gasteiger partial charge is 0.260 e. The Hall–Kier alpha value is -1.77. The summed E-state index contributed by atoms with van der Waals surface area (Å²) in [6.45, 7) is 12.1. The van der Waals surface area contributed by atoms with E-state index in [1.54, 1.807) is 0 Å². The van der Waals surface area contributed by atoms with Gasteiger partial charge < -0.3 is 9.64 Å². The molecule has 2 rings (SSSR count). The fourth-order valence-corrected chi connectivity index (χ4v) is 2.36. The second kappa shape index (κ2) is 6.33. The molecular formula is C18H25NO2. The molecule has 1 fully saturated rings. The quantitative estimate of drug-likeness (QED) is 0.796. The molecule has 0 bridgehead atoms. The number of carbonyl (C=O) groups excluding carboxylic acids is 1. The minimum Gasteiger partial charge on any atom is -0.484 e. The Balaban J connectivity index is 1.85. The first kappa shape index (κ1) is 15.6. The van der Waals surface area contributed by atoms with Crippen LogP contribution >= 0.6 is 0 Å². The molecule has 3 heteroatoms. The minimum absolute atomic E-state index is 0.0578. The topological polar surface area (TPSA) is 29.5 Å². The summed E-state index contributed by atoms with van der Waals surface area (Å²) < 4.78 is 5.60. The van der Waals surface area contributed by atoms with Crippen molar-refractivity contribution < 1.29 is 9.53 Å². The molecule has 1 aliphatic rings. The number of ether oxygens (including phenoxy) is 1. The van der Waals surface area contributed by atoms with Crippen molar-refractivity contribution in [3.8, 4) is 5.75 Å². The molecule has 114 valence electrons. The van der Waals surface area contributed by atoms with E-state index in [-0.39, 0.29) is 17.9 Å². The number of nitrogens with zero attached hydrogens (tertiary/aromatic N) is 1. The largest absolute Gasteiger partial charge is 0.484 e. The fraction of sp³-hybridized carbons (Fsp3) is 0.500. The number of benzene rings is 1. The van der Waals surface area contributed by atoms with E-state index in [4.69, 9.17) is 4.74 Å². The number of likely N-dealkylation sites (tertiary alicyclic amines) is 1. The number of piperidine rings is 1. The van der Waals surface area contributed by atoms with Crippen LogP contribution in [0.1, 0.15) is 39.2 Å². The third-order valence-electron chi connectivity index (χ3n) is 3.91. The fourth-order valence-electron chi connectivity index (χ4n) is 2.36. The van der Waals surface area contributed by atoms with Gasteiger partial charge in [-0.25, -0.2) is 0 Å². The molecule has 0 radical (unpaired) electrons. The van der Waals surface area contributed by atoms with Gasteiger partial charge in [-0.3, -0.25) is 4.79 Å². The van der Waals surface area contributed by atoms with Crippen LogP contribution in [-0.2, 0) is 10.2 Å². The Bertz CT molecular complexity index is 501. The summed E-state index contributed by atoms with van der Waals surface area (Å²) in [5.74, 6) is 0.806. The molecule has 3 nitrogen and oxygen atoms in total. The molecule has 0 aromatic heterocycles. The summed E-state index contributed by atoms with van der Waals surface area (Å²) >= 11 is 0. The van der Waals surface area contributed by atoms with E-state index in [0.29, 0.717) is 0 Å². The third-order valence-corrected chi connectivity index (χ3v) is 3.91. The van der Waals surface area contributed by atoms with Crippen molar-refractivity contribution in [2.45, 2.75) is 39.0 Å². The second-order valence-corrected chi connectivity index (χ2v) is 6.69. The van der Waals surface area contributed by atoms with E-state index >= 15 is 0 Å². The maximum absolute atomic E-state index is 12.1. The molecule has 0 saturated carbocycles. The Kier molecular flexibility index (Phi) is 4.71. The normalized spacial score (nSPS) is 16.0. The van der Waals surface area contributed by atoms with Crippen molar-refractivity contribution >= 4 is 5.91 Å². The highest BCUT2D eigenvalue weighted by molar-refractivity contribution is 5.78. The monoisotopic (exact) mass is 287 g/mol. The maximum Gasteiger partial charge on any atom is 0.260 e. The van der Waals surface area contributed by atoms with Gasteiger partial charge in [-0.1, -0.05) is 45.1 Å². The number of amides is 1. The van der Waals surface area contributed by atoms with Gasteiger partial charge in [0.05, 0.1) is 0 Å². The van der Waals surface area contributed by atoms with Gasteiger partial charge in [0.15, 0.2) is 6.61 Å². The van der Waals surface area contributed by atoms with Crippen LogP contribution in [0.3, 0.4) is 0 Å². The Morgan fingerprint density at radius 3 is 2.29 bits per heavy atom. The van der Waals surface area contributed by atoms with E-state index in [9.17, 15) is 4.79 Å². The van der Waals surface area contributed by atoms with E-state index < -0.39 is 0 Å². The van der Waals surface area contributed by atoms with Crippen LogP contribution in [0, 0.1) is 0 Å². The van der Waals surface area contributed by atoms with Gasteiger partial charge in [0, 0.05) is 13.1 Å². The van der Waals surface area contributed by atoms with Gasteiger partial charge in [-0.05, 0) is 36.0 Å².